The smallest absolute Gasteiger partial charge is 0.235 e. The van der Waals surface area contributed by atoms with Gasteiger partial charge in [0.15, 0.2) is 0 Å². The van der Waals surface area contributed by atoms with E-state index in [0.717, 1.165) is 12.8 Å². The van der Waals surface area contributed by atoms with Crippen LogP contribution in [0.25, 0.3) is 0 Å². The maximum atomic E-state index is 10.9. The molecule has 0 aromatic rings. The Kier molecular flexibility index (Phi) is 2.49. The Hall–Kier alpha value is -0.570. The predicted molar refractivity (Wildman–Crippen MR) is 43.0 cm³/mol. The van der Waals surface area contributed by atoms with Crippen molar-refractivity contribution in [3.8, 4) is 0 Å². The van der Waals surface area contributed by atoms with Gasteiger partial charge in [-0.05, 0) is 19.8 Å². The van der Waals surface area contributed by atoms with Crippen LogP contribution >= 0.6 is 0 Å². The molecule has 3 nitrogen and oxygen atoms in total. The van der Waals surface area contributed by atoms with Crippen molar-refractivity contribution in [2.75, 3.05) is 6.54 Å². The number of hydrogen-bond donors (Lipinski definition) is 1. The van der Waals surface area contributed by atoms with Crippen LogP contribution in [0.2, 0.25) is 0 Å². The van der Waals surface area contributed by atoms with Crippen molar-refractivity contribution in [1.82, 2.24) is 11.1 Å². The molecular weight excluding hydrogens is 140 g/mol. The number of amides is 1. The molecule has 0 bridgehead atoms. The van der Waals surface area contributed by atoms with Crippen molar-refractivity contribution in [3.05, 3.63) is 0 Å². The Morgan fingerprint density at radius 3 is 2.55 bits per heavy atom. The second kappa shape index (κ2) is 3.22. The average Bonchev–Trinajstić information content (AvgIpc) is 2.36. The van der Waals surface area contributed by atoms with Gasteiger partial charge in [-0.2, -0.15) is 0 Å². The highest BCUT2D eigenvalue weighted by atomic mass is 16.1. The first-order chi connectivity index (χ1) is 5.16. The molecule has 1 aliphatic rings. The van der Waals surface area contributed by atoms with E-state index >= 15 is 0 Å². The SMILES string of the molecule is CC1(NC(=O)C[NH])CCCC1. The number of carbonyl (C=O) groups excluding carboxylic acids is 1. The van der Waals surface area contributed by atoms with Gasteiger partial charge in [0.1, 0.15) is 0 Å². The van der Waals surface area contributed by atoms with Crippen molar-refractivity contribution in [2.24, 2.45) is 0 Å². The second-order valence-electron chi connectivity index (χ2n) is 3.49. The van der Waals surface area contributed by atoms with Crippen molar-refractivity contribution in [3.63, 3.8) is 0 Å². The van der Waals surface area contributed by atoms with Crippen molar-refractivity contribution in [1.29, 1.82) is 0 Å². The van der Waals surface area contributed by atoms with E-state index in [4.69, 9.17) is 5.73 Å². The van der Waals surface area contributed by atoms with Gasteiger partial charge in [0.25, 0.3) is 0 Å². The normalized spacial score (nSPS) is 21.6. The van der Waals surface area contributed by atoms with Gasteiger partial charge in [0.2, 0.25) is 5.91 Å². The molecule has 0 saturated heterocycles. The van der Waals surface area contributed by atoms with E-state index in [1.54, 1.807) is 0 Å². The van der Waals surface area contributed by atoms with Gasteiger partial charge in [-0.3, -0.25) is 4.79 Å². The van der Waals surface area contributed by atoms with Gasteiger partial charge in [-0.1, -0.05) is 12.8 Å². The Bertz CT molecular complexity index is 150. The van der Waals surface area contributed by atoms with Gasteiger partial charge < -0.3 is 5.32 Å². The van der Waals surface area contributed by atoms with Gasteiger partial charge in [-0.15, -0.1) is 0 Å². The molecule has 0 unspecified atom stereocenters. The van der Waals surface area contributed by atoms with Crippen LogP contribution in [0.3, 0.4) is 0 Å². The molecule has 1 amide bonds. The van der Waals surface area contributed by atoms with Gasteiger partial charge in [-0.25, -0.2) is 5.73 Å². The number of rotatable bonds is 2. The van der Waals surface area contributed by atoms with Gasteiger partial charge in [0, 0.05) is 5.54 Å². The summed E-state index contributed by atoms with van der Waals surface area (Å²) in [7, 11) is 0. The van der Waals surface area contributed by atoms with E-state index in [1.807, 2.05) is 0 Å². The third-order valence-electron chi connectivity index (χ3n) is 2.31. The molecule has 0 atom stereocenters. The topological polar surface area (TPSA) is 52.9 Å². The van der Waals surface area contributed by atoms with Crippen LogP contribution in [0.1, 0.15) is 32.6 Å². The quantitative estimate of drug-likeness (QED) is 0.627. The minimum absolute atomic E-state index is 0.00185. The minimum atomic E-state index is -0.144. The fraction of sp³-hybridized carbons (Fsp3) is 0.875. The van der Waals surface area contributed by atoms with E-state index < -0.39 is 0 Å². The molecule has 0 heterocycles. The largest absolute Gasteiger partial charge is 0.350 e. The highest BCUT2D eigenvalue weighted by Gasteiger charge is 2.29. The molecule has 0 spiro atoms. The van der Waals surface area contributed by atoms with Crippen molar-refractivity contribution >= 4 is 5.91 Å². The molecule has 2 N–H and O–H groups in total. The van der Waals surface area contributed by atoms with Crippen LogP contribution in [0, 0.1) is 0 Å². The van der Waals surface area contributed by atoms with E-state index in [2.05, 4.69) is 12.2 Å². The van der Waals surface area contributed by atoms with Crippen LogP contribution < -0.4 is 11.1 Å². The van der Waals surface area contributed by atoms with Gasteiger partial charge >= 0.3 is 0 Å². The first-order valence-corrected chi connectivity index (χ1v) is 4.12. The van der Waals surface area contributed by atoms with Crippen LogP contribution in [0.15, 0.2) is 0 Å². The third-order valence-corrected chi connectivity index (χ3v) is 2.31. The second-order valence-corrected chi connectivity index (χ2v) is 3.49. The first kappa shape index (κ1) is 8.53. The fourth-order valence-corrected chi connectivity index (χ4v) is 1.66. The lowest BCUT2D eigenvalue weighted by molar-refractivity contribution is -0.121. The molecule has 1 fully saturated rings. The summed E-state index contributed by atoms with van der Waals surface area (Å²) in [6, 6.07) is 0. The number of hydrogen-bond acceptors (Lipinski definition) is 1. The zero-order valence-corrected chi connectivity index (χ0v) is 6.94. The summed E-state index contributed by atoms with van der Waals surface area (Å²) in [5, 5.41) is 2.88. The van der Waals surface area contributed by atoms with Crippen molar-refractivity contribution < 1.29 is 4.79 Å². The number of carbonyl (C=O) groups is 1. The molecule has 0 aliphatic heterocycles. The Balaban J connectivity index is 2.39. The molecule has 1 radical (unpaired) electrons. The molecule has 3 heteroatoms. The lowest BCUT2D eigenvalue weighted by atomic mass is 10.0. The maximum Gasteiger partial charge on any atom is 0.235 e. The van der Waals surface area contributed by atoms with Gasteiger partial charge in [0.05, 0.1) is 6.54 Å². The minimum Gasteiger partial charge on any atom is -0.350 e. The van der Waals surface area contributed by atoms with Crippen LogP contribution in [0.5, 0.6) is 0 Å². The monoisotopic (exact) mass is 155 g/mol. The van der Waals surface area contributed by atoms with Crippen molar-refractivity contribution in [2.45, 2.75) is 38.1 Å². The highest BCUT2D eigenvalue weighted by Crippen LogP contribution is 2.28. The summed E-state index contributed by atoms with van der Waals surface area (Å²) in [6.07, 6.45) is 4.54. The summed E-state index contributed by atoms with van der Waals surface area (Å²) in [5.41, 5.74) is 6.85. The molecule has 1 rings (SSSR count). The summed E-state index contributed by atoms with van der Waals surface area (Å²) in [4.78, 5) is 10.9. The molecule has 11 heavy (non-hydrogen) atoms. The van der Waals surface area contributed by atoms with E-state index in [-0.39, 0.29) is 18.0 Å². The maximum absolute atomic E-state index is 10.9. The van der Waals surface area contributed by atoms with Crippen LogP contribution in [0.4, 0.5) is 0 Å². The summed E-state index contributed by atoms with van der Waals surface area (Å²) in [6.45, 7) is 1.92. The molecule has 0 aromatic carbocycles. The van der Waals surface area contributed by atoms with Crippen LogP contribution in [-0.2, 0) is 4.79 Å². The average molecular weight is 155 g/mol. The zero-order chi connectivity index (χ0) is 8.32. The molecule has 0 aromatic heterocycles. The molecular formula is C8H15N2O. The summed E-state index contributed by atoms with van der Waals surface area (Å²) >= 11 is 0. The predicted octanol–water partition coefficient (Wildman–Crippen LogP) is 0.718. The van der Waals surface area contributed by atoms with Crippen LogP contribution in [-0.4, -0.2) is 18.0 Å². The van der Waals surface area contributed by atoms with E-state index in [0.29, 0.717) is 0 Å². The summed E-state index contributed by atoms with van der Waals surface area (Å²) < 4.78 is 0. The molecule has 63 valence electrons. The fourth-order valence-electron chi connectivity index (χ4n) is 1.66. The zero-order valence-electron chi connectivity index (χ0n) is 6.94. The Morgan fingerprint density at radius 2 is 2.09 bits per heavy atom. The Morgan fingerprint density at radius 1 is 1.55 bits per heavy atom. The number of nitrogens with one attached hydrogen (secondary N) is 2. The lowest BCUT2D eigenvalue weighted by Gasteiger charge is -2.24. The summed E-state index contributed by atoms with van der Waals surface area (Å²) in [5.74, 6) is -0.144. The highest BCUT2D eigenvalue weighted by molar-refractivity contribution is 5.78. The molecule has 1 aliphatic carbocycles. The first-order valence-electron chi connectivity index (χ1n) is 4.12. The van der Waals surface area contributed by atoms with E-state index in [9.17, 15) is 4.79 Å². The standard InChI is InChI=1S/C8H15N2O/c1-8(4-2-3-5-8)10-7(11)6-9/h9H,2-6H2,1H3,(H,10,11). The third kappa shape index (κ3) is 2.19. The Labute approximate surface area is 67.3 Å². The lowest BCUT2D eigenvalue weighted by Crippen LogP contribution is -2.45. The van der Waals surface area contributed by atoms with E-state index in [1.165, 1.54) is 12.8 Å². The molecule has 1 saturated carbocycles.